The quantitative estimate of drug-likeness (QED) is 0.358. The van der Waals surface area contributed by atoms with Gasteiger partial charge in [-0.25, -0.2) is 0 Å². The van der Waals surface area contributed by atoms with Crippen LogP contribution in [-0.4, -0.2) is 47.9 Å². The molecule has 35 heavy (non-hydrogen) atoms. The van der Waals surface area contributed by atoms with Gasteiger partial charge in [0.25, 0.3) is 0 Å². The maximum atomic E-state index is 12.6. The molecule has 1 aromatic heterocycles. The van der Waals surface area contributed by atoms with Crippen molar-refractivity contribution in [2.24, 2.45) is 5.92 Å². The predicted octanol–water partition coefficient (Wildman–Crippen LogP) is 6.02. The third-order valence-corrected chi connectivity index (χ3v) is 7.06. The average Bonchev–Trinajstić information content (AvgIpc) is 2.85. The molecule has 0 radical (unpaired) electrons. The molecule has 5 nitrogen and oxygen atoms in total. The number of nitrogens with zero attached hydrogens (tertiary/aromatic N) is 2. The lowest BCUT2D eigenvalue weighted by Gasteiger charge is -2.37. The Morgan fingerprint density at radius 3 is 2.71 bits per heavy atom. The molecule has 4 aromatic rings. The first-order valence-electron chi connectivity index (χ1n) is 11.7. The molecule has 1 unspecified atom stereocenters. The maximum Gasteiger partial charge on any atom is 0.150 e. The lowest BCUT2D eigenvalue weighted by atomic mass is 9.88. The average molecular weight is 491 g/mol. The number of hydrogen-bond acceptors (Lipinski definition) is 5. The van der Waals surface area contributed by atoms with Gasteiger partial charge in [0.1, 0.15) is 23.9 Å². The van der Waals surface area contributed by atoms with Crippen molar-refractivity contribution in [2.75, 3.05) is 32.9 Å². The molecular formula is C28H24ClFN2O3. The molecule has 178 valence electrons. The minimum Gasteiger partial charge on any atom is -0.508 e. The lowest BCUT2D eigenvalue weighted by Crippen LogP contribution is -2.49. The first-order chi connectivity index (χ1) is 17.1. The van der Waals surface area contributed by atoms with Gasteiger partial charge in [0, 0.05) is 59.9 Å². The smallest absolute Gasteiger partial charge is 0.150 e. The molecule has 1 saturated heterocycles. The lowest BCUT2D eigenvalue weighted by molar-refractivity contribution is 0.0668. The summed E-state index contributed by atoms with van der Waals surface area (Å²) in [7, 11) is 0. The third kappa shape index (κ3) is 4.07. The number of aromatic hydroxyl groups is 1. The van der Waals surface area contributed by atoms with E-state index in [1.54, 1.807) is 12.1 Å². The molecule has 3 aromatic carbocycles. The molecule has 0 amide bonds. The SMILES string of the molecule is Oc1ccc2c3c(cnc2c1)-c1cccc(Cl)c1OC3c1ccc(OCCN2CC(CF)C2)cc1. The first kappa shape index (κ1) is 22.1. The van der Waals surface area contributed by atoms with E-state index >= 15 is 0 Å². The Morgan fingerprint density at radius 1 is 1.09 bits per heavy atom. The molecule has 3 heterocycles. The van der Waals surface area contributed by atoms with Crippen LogP contribution < -0.4 is 9.47 Å². The molecule has 0 aliphatic carbocycles. The maximum absolute atomic E-state index is 12.6. The summed E-state index contributed by atoms with van der Waals surface area (Å²) in [5.74, 6) is 1.76. The van der Waals surface area contributed by atoms with Gasteiger partial charge in [-0.05, 0) is 35.9 Å². The van der Waals surface area contributed by atoms with Crippen LogP contribution in [0.1, 0.15) is 17.2 Å². The highest BCUT2D eigenvalue weighted by Gasteiger charge is 2.31. The zero-order chi connectivity index (χ0) is 23.9. The number of hydrogen-bond donors (Lipinski definition) is 1. The Hall–Kier alpha value is -3.35. The van der Waals surface area contributed by atoms with E-state index in [2.05, 4.69) is 9.88 Å². The van der Waals surface area contributed by atoms with Crippen molar-refractivity contribution in [3.8, 4) is 28.4 Å². The van der Waals surface area contributed by atoms with Gasteiger partial charge in [-0.3, -0.25) is 14.3 Å². The van der Waals surface area contributed by atoms with E-state index in [1.807, 2.05) is 54.7 Å². The van der Waals surface area contributed by atoms with Gasteiger partial charge in [0.15, 0.2) is 6.10 Å². The van der Waals surface area contributed by atoms with E-state index < -0.39 is 6.10 Å². The van der Waals surface area contributed by atoms with Gasteiger partial charge in [-0.1, -0.05) is 35.9 Å². The summed E-state index contributed by atoms with van der Waals surface area (Å²) >= 11 is 6.52. The van der Waals surface area contributed by atoms with Crippen molar-refractivity contribution in [1.29, 1.82) is 0 Å². The van der Waals surface area contributed by atoms with Gasteiger partial charge in [0.05, 0.1) is 17.2 Å². The van der Waals surface area contributed by atoms with Crippen molar-refractivity contribution in [3.63, 3.8) is 0 Å². The third-order valence-electron chi connectivity index (χ3n) is 6.76. The summed E-state index contributed by atoms with van der Waals surface area (Å²) < 4.78 is 25.0. The summed E-state index contributed by atoms with van der Waals surface area (Å²) in [6.07, 6.45) is 1.42. The summed E-state index contributed by atoms with van der Waals surface area (Å²) in [5.41, 5.74) is 4.49. The van der Waals surface area contributed by atoms with Crippen LogP contribution in [0.25, 0.3) is 22.0 Å². The Kier molecular flexibility index (Phi) is 5.71. The monoisotopic (exact) mass is 490 g/mol. The minimum absolute atomic E-state index is 0.168. The second-order valence-corrected chi connectivity index (χ2v) is 9.51. The Bertz CT molecular complexity index is 1390. The second kappa shape index (κ2) is 9.02. The number of phenolic OH excluding ortho intramolecular Hbond substituents is 1. The molecule has 2 aliphatic heterocycles. The summed E-state index contributed by atoms with van der Waals surface area (Å²) in [6.45, 7) is 2.72. The molecule has 1 N–H and O–H groups in total. The largest absolute Gasteiger partial charge is 0.508 e. The van der Waals surface area contributed by atoms with E-state index in [1.165, 1.54) is 0 Å². The van der Waals surface area contributed by atoms with Gasteiger partial charge < -0.3 is 14.6 Å². The Balaban J connectivity index is 1.30. The van der Waals surface area contributed by atoms with Gasteiger partial charge in [-0.2, -0.15) is 0 Å². The van der Waals surface area contributed by atoms with Crippen molar-refractivity contribution >= 4 is 22.5 Å². The topological polar surface area (TPSA) is 54.8 Å². The van der Waals surface area contributed by atoms with Crippen LogP contribution in [0.2, 0.25) is 5.02 Å². The van der Waals surface area contributed by atoms with Crippen LogP contribution in [0.3, 0.4) is 0 Å². The number of fused-ring (bicyclic) bond motifs is 5. The van der Waals surface area contributed by atoms with Gasteiger partial charge in [0.2, 0.25) is 0 Å². The zero-order valence-corrected chi connectivity index (χ0v) is 19.7. The number of rotatable bonds is 6. The van der Waals surface area contributed by atoms with Crippen LogP contribution in [0.4, 0.5) is 4.39 Å². The standard InChI is InChI=1S/C28H24ClFN2O3/c29-24-3-1-2-21-23-14-31-25-12-19(33)6-9-22(25)26(23)27(35-28(21)24)18-4-7-20(8-5-18)34-11-10-32-15-17(13-30)16-32/h1-9,12,14,17,27,33H,10-11,13,15-16H2. The molecular weight excluding hydrogens is 467 g/mol. The zero-order valence-electron chi connectivity index (χ0n) is 19.0. The Labute approximate surface area is 207 Å². The first-order valence-corrected chi connectivity index (χ1v) is 12.1. The van der Waals surface area contributed by atoms with Crippen LogP contribution in [0.5, 0.6) is 17.2 Å². The fourth-order valence-electron chi connectivity index (χ4n) is 4.94. The number of para-hydroxylation sites is 1. The highest BCUT2D eigenvalue weighted by atomic mass is 35.5. The van der Waals surface area contributed by atoms with Crippen molar-refractivity contribution < 1.29 is 19.0 Å². The van der Waals surface area contributed by atoms with E-state index in [9.17, 15) is 9.50 Å². The molecule has 1 atom stereocenters. The molecule has 0 bridgehead atoms. The number of ether oxygens (including phenoxy) is 2. The fourth-order valence-corrected chi connectivity index (χ4v) is 5.16. The predicted molar refractivity (Wildman–Crippen MR) is 134 cm³/mol. The van der Waals surface area contributed by atoms with Crippen LogP contribution in [0.15, 0.2) is 66.9 Å². The van der Waals surface area contributed by atoms with E-state index in [0.29, 0.717) is 22.9 Å². The van der Waals surface area contributed by atoms with Crippen molar-refractivity contribution in [1.82, 2.24) is 9.88 Å². The molecule has 0 saturated carbocycles. The summed E-state index contributed by atoms with van der Waals surface area (Å²) in [4.78, 5) is 6.79. The molecule has 1 fully saturated rings. The molecule has 7 heteroatoms. The Morgan fingerprint density at radius 2 is 1.91 bits per heavy atom. The van der Waals surface area contributed by atoms with Crippen molar-refractivity contribution in [2.45, 2.75) is 6.10 Å². The summed E-state index contributed by atoms with van der Waals surface area (Å²) in [5, 5.41) is 11.4. The van der Waals surface area contributed by atoms with Crippen LogP contribution >= 0.6 is 11.6 Å². The number of halogens is 2. The highest BCUT2D eigenvalue weighted by molar-refractivity contribution is 6.32. The number of alkyl halides is 1. The number of phenols is 1. The second-order valence-electron chi connectivity index (χ2n) is 9.10. The number of pyridine rings is 1. The van der Waals surface area contributed by atoms with Gasteiger partial charge in [-0.15, -0.1) is 0 Å². The van der Waals surface area contributed by atoms with Crippen LogP contribution in [-0.2, 0) is 0 Å². The number of benzene rings is 3. The highest BCUT2D eigenvalue weighted by Crippen LogP contribution is 2.49. The normalized spacial score (nSPS) is 17.4. The minimum atomic E-state index is -0.403. The van der Waals surface area contributed by atoms with Crippen LogP contribution in [0, 0.1) is 5.92 Å². The molecule has 6 rings (SSSR count). The van der Waals surface area contributed by atoms with E-state index in [0.717, 1.165) is 53.0 Å². The van der Waals surface area contributed by atoms with Crippen molar-refractivity contribution in [3.05, 3.63) is 83.0 Å². The van der Waals surface area contributed by atoms with E-state index in [-0.39, 0.29) is 18.3 Å². The summed E-state index contributed by atoms with van der Waals surface area (Å²) in [6, 6.07) is 18.8. The number of aromatic nitrogens is 1. The fraction of sp³-hybridized carbons (Fsp3) is 0.250. The van der Waals surface area contributed by atoms with E-state index in [4.69, 9.17) is 21.1 Å². The number of likely N-dealkylation sites (tertiary alicyclic amines) is 1. The molecule has 2 aliphatic rings. The molecule has 0 spiro atoms. The van der Waals surface area contributed by atoms with Gasteiger partial charge >= 0.3 is 0 Å².